The molecule has 0 aliphatic carbocycles. The summed E-state index contributed by atoms with van der Waals surface area (Å²) >= 11 is 3.27. The van der Waals surface area contributed by atoms with Crippen LogP contribution in [0.3, 0.4) is 0 Å². The van der Waals surface area contributed by atoms with Crippen LogP contribution in [0.5, 0.6) is 0 Å². The lowest BCUT2D eigenvalue weighted by Gasteiger charge is -2.06. The van der Waals surface area contributed by atoms with Gasteiger partial charge in [-0.15, -0.1) is 23.5 Å². The van der Waals surface area contributed by atoms with E-state index in [2.05, 4.69) is 29.6 Å². The van der Waals surface area contributed by atoms with Crippen LogP contribution in [0.4, 0.5) is 5.69 Å². The second-order valence-corrected chi connectivity index (χ2v) is 6.70. The number of anilines is 1. The first kappa shape index (κ1) is 17.4. The Balaban J connectivity index is 1.77. The van der Waals surface area contributed by atoms with E-state index in [1.54, 1.807) is 47.8 Å². The maximum Gasteiger partial charge on any atom is 0.248 e. The molecule has 0 heterocycles. The number of rotatable bonds is 7. The van der Waals surface area contributed by atoms with Crippen LogP contribution < -0.4 is 11.1 Å². The minimum absolute atomic E-state index is 0.0671. The quantitative estimate of drug-likeness (QED) is 0.754. The Kier molecular flexibility index (Phi) is 6.55. The lowest BCUT2D eigenvalue weighted by atomic mass is 10.2. The number of nitrogens with two attached hydrogens (primary N) is 1. The summed E-state index contributed by atoms with van der Waals surface area (Å²) < 4.78 is 0. The Morgan fingerprint density at radius 1 is 1.04 bits per heavy atom. The van der Waals surface area contributed by atoms with Gasteiger partial charge in [-0.25, -0.2) is 0 Å². The van der Waals surface area contributed by atoms with Crippen molar-refractivity contribution < 1.29 is 9.59 Å². The van der Waals surface area contributed by atoms with Gasteiger partial charge in [0, 0.05) is 21.9 Å². The molecule has 2 amide bonds. The maximum absolute atomic E-state index is 11.9. The minimum Gasteiger partial charge on any atom is -0.366 e. The monoisotopic (exact) mass is 346 g/mol. The second kappa shape index (κ2) is 8.64. The average molecular weight is 346 g/mol. The standard InChI is InChI=1S/C17H18N2O2S2/c1-22-15-8-2-12(3-9-15)10-23-11-16(20)19-14-6-4-13(5-7-14)17(18)21/h2-9H,10-11H2,1H3,(H2,18,21)(H,19,20). The molecule has 0 fully saturated rings. The van der Waals surface area contributed by atoms with E-state index >= 15 is 0 Å². The number of amides is 2. The molecule has 23 heavy (non-hydrogen) atoms. The molecular weight excluding hydrogens is 328 g/mol. The Morgan fingerprint density at radius 2 is 1.70 bits per heavy atom. The van der Waals surface area contributed by atoms with Crippen LogP contribution in [0.15, 0.2) is 53.4 Å². The number of primary amides is 1. The lowest BCUT2D eigenvalue weighted by molar-refractivity contribution is -0.113. The van der Waals surface area contributed by atoms with Crippen LogP contribution in [0.1, 0.15) is 15.9 Å². The van der Waals surface area contributed by atoms with Crippen molar-refractivity contribution in [3.8, 4) is 0 Å². The lowest BCUT2D eigenvalue weighted by Crippen LogP contribution is -2.15. The molecule has 0 bridgehead atoms. The van der Waals surface area contributed by atoms with Gasteiger partial charge in [-0.05, 0) is 48.2 Å². The molecule has 4 nitrogen and oxygen atoms in total. The van der Waals surface area contributed by atoms with Crippen molar-refractivity contribution in [1.82, 2.24) is 0 Å². The summed E-state index contributed by atoms with van der Waals surface area (Å²) in [6, 6.07) is 14.9. The molecule has 3 N–H and O–H groups in total. The van der Waals surface area contributed by atoms with E-state index in [1.165, 1.54) is 10.5 Å². The molecule has 0 spiro atoms. The first-order chi connectivity index (χ1) is 11.1. The number of carbonyl (C=O) groups excluding carboxylic acids is 2. The van der Waals surface area contributed by atoms with Gasteiger partial charge in [0.15, 0.2) is 0 Å². The fourth-order valence-electron chi connectivity index (χ4n) is 1.90. The van der Waals surface area contributed by atoms with Gasteiger partial charge in [-0.2, -0.15) is 0 Å². The summed E-state index contributed by atoms with van der Waals surface area (Å²) in [5.41, 5.74) is 7.45. The summed E-state index contributed by atoms with van der Waals surface area (Å²) in [6.45, 7) is 0. The topological polar surface area (TPSA) is 72.2 Å². The van der Waals surface area contributed by atoms with Crippen molar-refractivity contribution in [3.63, 3.8) is 0 Å². The van der Waals surface area contributed by atoms with E-state index in [4.69, 9.17) is 5.73 Å². The average Bonchev–Trinajstić information content (AvgIpc) is 2.56. The van der Waals surface area contributed by atoms with Gasteiger partial charge in [0.1, 0.15) is 0 Å². The molecule has 2 aromatic rings. The van der Waals surface area contributed by atoms with E-state index < -0.39 is 5.91 Å². The predicted octanol–water partition coefficient (Wildman–Crippen LogP) is 3.38. The van der Waals surface area contributed by atoms with E-state index in [-0.39, 0.29) is 5.91 Å². The van der Waals surface area contributed by atoms with Crippen LogP contribution in [0.2, 0.25) is 0 Å². The summed E-state index contributed by atoms with van der Waals surface area (Å²) in [5, 5.41) is 2.80. The van der Waals surface area contributed by atoms with Crippen molar-refractivity contribution in [1.29, 1.82) is 0 Å². The van der Waals surface area contributed by atoms with Gasteiger partial charge < -0.3 is 11.1 Å². The van der Waals surface area contributed by atoms with Crippen molar-refractivity contribution in [2.75, 3.05) is 17.3 Å². The van der Waals surface area contributed by atoms with E-state index in [1.807, 2.05) is 6.26 Å². The van der Waals surface area contributed by atoms with Crippen molar-refractivity contribution in [2.45, 2.75) is 10.6 Å². The molecule has 0 radical (unpaired) electrons. The fourth-order valence-corrected chi connectivity index (χ4v) is 3.09. The Hall–Kier alpha value is -1.92. The third-order valence-electron chi connectivity index (χ3n) is 3.11. The molecule has 0 aromatic heterocycles. The highest BCUT2D eigenvalue weighted by Crippen LogP contribution is 2.18. The van der Waals surface area contributed by atoms with E-state index in [0.29, 0.717) is 17.0 Å². The van der Waals surface area contributed by atoms with Crippen LogP contribution in [-0.2, 0) is 10.5 Å². The third-order valence-corrected chi connectivity index (χ3v) is 4.86. The number of thioether (sulfide) groups is 2. The number of benzene rings is 2. The summed E-state index contributed by atoms with van der Waals surface area (Å²) in [6.07, 6.45) is 2.05. The van der Waals surface area contributed by atoms with Crippen LogP contribution in [-0.4, -0.2) is 23.8 Å². The number of hydrogen-bond donors (Lipinski definition) is 2. The highest BCUT2D eigenvalue weighted by Gasteiger charge is 2.05. The Morgan fingerprint density at radius 3 is 2.26 bits per heavy atom. The maximum atomic E-state index is 11.9. The molecular formula is C17H18N2O2S2. The molecule has 0 aliphatic heterocycles. The summed E-state index contributed by atoms with van der Waals surface area (Å²) in [5.74, 6) is 0.623. The van der Waals surface area contributed by atoms with Gasteiger partial charge >= 0.3 is 0 Å². The summed E-state index contributed by atoms with van der Waals surface area (Å²) in [4.78, 5) is 24.1. The molecule has 2 rings (SSSR count). The smallest absolute Gasteiger partial charge is 0.248 e. The first-order valence-electron chi connectivity index (χ1n) is 6.99. The normalized spacial score (nSPS) is 10.3. The van der Waals surface area contributed by atoms with Crippen LogP contribution >= 0.6 is 23.5 Å². The fraction of sp³-hybridized carbons (Fsp3) is 0.176. The highest BCUT2D eigenvalue weighted by molar-refractivity contribution is 7.99. The Labute approximate surface area is 144 Å². The molecule has 0 unspecified atom stereocenters. The molecule has 0 atom stereocenters. The zero-order chi connectivity index (χ0) is 16.7. The van der Waals surface area contributed by atoms with Gasteiger partial charge in [0.25, 0.3) is 0 Å². The highest BCUT2D eigenvalue weighted by atomic mass is 32.2. The van der Waals surface area contributed by atoms with Crippen LogP contribution in [0, 0.1) is 0 Å². The minimum atomic E-state index is -0.481. The van der Waals surface area contributed by atoms with Crippen molar-refractivity contribution in [3.05, 3.63) is 59.7 Å². The van der Waals surface area contributed by atoms with Gasteiger partial charge in [0.2, 0.25) is 11.8 Å². The Bertz CT molecular complexity index is 670. The van der Waals surface area contributed by atoms with Gasteiger partial charge in [-0.3, -0.25) is 9.59 Å². The van der Waals surface area contributed by atoms with Gasteiger partial charge in [0.05, 0.1) is 5.75 Å². The van der Waals surface area contributed by atoms with Crippen molar-refractivity contribution in [2.24, 2.45) is 5.73 Å². The number of hydrogen-bond acceptors (Lipinski definition) is 4. The molecule has 0 saturated heterocycles. The van der Waals surface area contributed by atoms with E-state index in [9.17, 15) is 9.59 Å². The SMILES string of the molecule is CSc1ccc(CSCC(=O)Nc2ccc(C(N)=O)cc2)cc1. The predicted molar refractivity (Wildman–Crippen MR) is 98.0 cm³/mol. The summed E-state index contributed by atoms with van der Waals surface area (Å²) in [7, 11) is 0. The third kappa shape index (κ3) is 5.65. The second-order valence-electron chi connectivity index (χ2n) is 4.83. The first-order valence-corrected chi connectivity index (χ1v) is 9.37. The zero-order valence-corrected chi connectivity index (χ0v) is 14.4. The molecule has 2 aromatic carbocycles. The number of nitrogens with one attached hydrogen (secondary N) is 1. The largest absolute Gasteiger partial charge is 0.366 e. The molecule has 120 valence electrons. The van der Waals surface area contributed by atoms with E-state index in [0.717, 1.165) is 5.75 Å². The zero-order valence-electron chi connectivity index (χ0n) is 12.7. The molecule has 6 heteroatoms. The molecule has 0 aliphatic rings. The van der Waals surface area contributed by atoms with Gasteiger partial charge in [-0.1, -0.05) is 12.1 Å². The van der Waals surface area contributed by atoms with Crippen molar-refractivity contribution >= 4 is 41.0 Å². The molecule has 0 saturated carbocycles. The van der Waals surface area contributed by atoms with Crippen LogP contribution in [0.25, 0.3) is 0 Å². The number of carbonyl (C=O) groups is 2.